The second-order valence-electron chi connectivity index (χ2n) is 10.7. The van der Waals surface area contributed by atoms with Crippen LogP contribution >= 0.6 is 103 Å². The van der Waals surface area contributed by atoms with Gasteiger partial charge in [0, 0.05) is 58.5 Å². The van der Waals surface area contributed by atoms with Gasteiger partial charge in [-0.1, -0.05) is 23.2 Å². The van der Waals surface area contributed by atoms with Crippen LogP contribution in [0.3, 0.4) is 0 Å². The lowest BCUT2D eigenvalue weighted by Gasteiger charge is -1.98. The molecule has 0 saturated carbocycles. The van der Waals surface area contributed by atoms with Crippen LogP contribution in [0.1, 0.15) is 22.3 Å². The molecule has 7 rings (SSSR count). The number of hydrogen-bond donors (Lipinski definition) is 2. The highest BCUT2D eigenvalue weighted by Crippen LogP contribution is 2.50. The lowest BCUT2D eigenvalue weighted by atomic mass is 10.1. The molecule has 0 saturated heterocycles. The van der Waals surface area contributed by atoms with Crippen LogP contribution in [0.4, 0.5) is 0 Å². The predicted octanol–water partition coefficient (Wildman–Crippen LogP) is 13.3. The molecule has 7 aromatic heterocycles. The molecule has 0 aliphatic carbocycles. The first-order valence-electron chi connectivity index (χ1n) is 14.0. The van der Waals surface area contributed by atoms with Gasteiger partial charge in [-0.2, -0.15) is 0 Å². The number of rotatable bonds is 10. The van der Waals surface area contributed by atoms with Gasteiger partial charge in [0.25, 0.3) is 0 Å². The van der Waals surface area contributed by atoms with E-state index >= 15 is 0 Å². The Balaban J connectivity index is 1.17. The Morgan fingerprint density at radius 3 is 1.43 bits per heavy atom. The van der Waals surface area contributed by atoms with E-state index in [1.54, 1.807) is 74.1 Å². The number of thiophene rings is 7. The van der Waals surface area contributed by atoms with Crippen LogP contribution in [0.2, 0.25) is 8.67 Å². The van der Waals surface area contributed by atoms with Gasteiger partial charge in [-0.3, -0.25) is 9.59 Å². The van der Waals surface area contributed by atoms with Crippen LogP contribution in [0.5, 0.6) is 0 Å². The maximum absolute atomic E-state index is 11.8. The number of halogens is 2. The largest absolute Gasteiger partial charge is 0.481 e. The van der Waals surface area contributed by atoms with Crippen molar-refractivity contribution in [1.82, 2.24) is 0 Å². The minimum atomic E-state index is -0.876. The SMILES string of the molecule is Cc1cc(Cl)sc1-c1ccc(-c2sc(-c3ccc(-c4cc(C)c(-c5ccc(-c6sc(Cl)cc6CC(=O)O)s5)s4)s3)cc2CC(=O)O)s1. The van der Waals surface area contributed by atoms with Gasteiger partial charge in [0.1, 0.15) is 0 Å². The van der Waals surface area contributed by atoms with Crippen molar-refractivity contribution in [1.29, 1.82) is 0 Å². The third-order valence-corrected chi connectivity index (χ3v) is 16.7. The molecule has 0 atom stereocenters. The van der Waals surface area contributed by atoms with E-state index in [1.165, 1.54) is 26.7 Å². The summed E-state index contributed by atoms with van der Waals surface area (Å²) in [5, 5.41) is 19.0. The Bertz CT molecular complexity index is 2290. The smallest absolute Gasteiger partial charge is 0.307 e. The first-order chi connectivity index (χ1) is 22.5. The van der Waals surface area contributed by atoms with E-state index in [2.05, 4.69) is 50.2 Å². The average molecular weight is 790 g/mol. The molecule has 0 aliphatic rings. The summed E-state index contributed by atoms with van der Waals surface area (Å²) in [5.41, 5.74) is 3.88. The van der Waals surface area contributed by atoms with E-state index in [0.717, 1.165) is 69.8 Å². The van der Waals surface area contributed by atoms with E-state index < -0.39 is 11.9 Å². The van der Waals surface area contributed by atoms with Crippen molar-refractivity contribution in [2.24, 2.45) is 0 Å². The van der Waals surface area contributed by atoms with Crippen molar-refractivity contribution in [2.45, 2.75) is 26.7 Å². The van der Waals surface area contributed by atoms with Crippen LogP contribution in [-0.2, 0) is 22.4 Å². The first-order valence-corrected chi connectivity index (χ1v) is 20.5. The summed E-state index contributed by atoms with van der Waals surface area (Å²) in [6.07, 6.45) is -0.0936. The first kappa shape index (κ1) is 32.9. The van der Waals surface area contributed by atoms with E-state index in [1.807, 2.05) is 18.2 Å². The summed E-state index contributed by atoms with van der Waals surface area (Å²) in [5.74, 6) is -1.72. The molecule has 0 bridgehead atoms. The molecule has 13 heteroatoms. The van der Waals surface area contributed by atoms with E-state index in [-0.39, 0.29) is 12.8 Å². The van der Waals surface area contributed by atoms with Crippen molar-refractivity contribution in [2.75, 3.05) is 0 Å². The standard InChI is InChI=1S/C34H22Cl2O4S7/c1-15-9-25(44-31(15)21-5-8-24(42-21)34-18(14-30(39)40)12-28(36)47-34)19-3-4-20(41-19)26-11-17(13-29(37)38)33(45-26)23-7-6-22(43-23)32-16(2)10-27(35)46-32/h3-12H,13-14H2,1-2H3,(H,37,38)(H,39,40). The third kappa shape index (κ3) is 6.83. The summed E-state index contributed by atoms with van der Waals surface area (Å²) in [4.78, 5) is 36.3. The maximum atomic E-state index is 11.8. The molecule has 7 heterocycles. The van der Waals surface area contributed by atoms with Crippen molar-refractivity contribution in [3.05, 3.63) is 91.6 Å². The van der Waals surface area contributed by atoms with Gasteiger partial charge in [0.05, 0.1) is 21.5 Å². The van der Waals surface area contributed by atoms with Gasteiger partial charge in [-0.15, -0.1) is 79.4 Å². The Kier molecular flexibility index (Phi) is 9.38. The zero-order chi connectivity index (χ0) is 33.0. The van der Waals surface area contributed by atoms with Gasteiger partial charge < -0.3 is 10.2 Å². The average Bonchev–Trinajstić information content (AvgIpc) is 3.82. The van der Waals surface area contributed by atoms with Gasteiger partial charge >= 0.3 is 11.9 Å². The molecule has 0 aliphatic heterocycles. The third-order valence-electron chi connectivity index (χ3n) is 7.28. The van der Waals surface area contributed by atoms with Gasteiger partial charge in [0.2, 0.25) is 0 Å². The van der Waals surface area contributed by atoms with E-state index in [0.29, 0.717) is 4.34 Å². The van der Waals surface area contributed by atoms with Crippen LogP contribution < -0.4 is 0 Å². The summed E-state index contributed by atoms with van der Waals surface area (Å²) < 4.78 is 1.34. The van der Waals surface area contributed by atoms with Crippen molar-refractivity contribution in [3.63, 3.8) is 0 Å². The molecule has 47 heavy (non-hydrogen) atoms. The highest BCUT2D eigenvalue weighted by molar-refractivity contribution is 7.31. The van der Waals surface area contributed by atoms with Crippen LogP contribution in [0.25, 0.3) is 58.5 Å². The number of aryl methyl sites for hydroxylation is 2. The quantitative estimate of drug-likeness (QED) is 0.145. The van der Waals surface area contributed by atoms with Gasteiger partial charge in [-0.25, -0.2) is 0 Å². The van der Waals surface area contributed by atoms with Gasteiger partial charge in [0.15, 0.2) is 0 Å². The fourth-order valence-corrected chi connectivity index (χ4v) is 14.0. The number of carboxylic acids is 2. The maximum Gasteiger partial charge on any atom is 0.307 e. The number of hydrogen-bond acceptors (Lipinski definition) is 9. The van der Waals surface area contributed by atoms with Crippen LogP contribution in [-0.4, -0.2) is 22.2 Å². The molecule has 0 aromatic carbocycles. The zero-order valence-corrected chi connectivity index (χ0v) is 31.7. The molecule has 0 amide bonds. The fraction of sp³-hybridized carbons (Fsp3) is 0.118. The molecule has 0 spiro atoms. The highest BCUT2D eigenvalue weighted by atomic mass is 35.5. The molecule has 7 aromatic rings. The second kappa shape index (κ2) is 13.4. The van der Waals surface area contributed by atoms with Crippen molar-refractivity contribution < 1.29 is 19.8 Å². The summed E-state index contributed by atoms with van der Waals surface area (Å²) in [6.45, 7) is 4.17. The molecule has 0 unspecified atom stereocenters. The molecular formula is C34H22Cl2O4S7. The Morgan fingerprint density at radius 1 is 0.489 bits per heavy atom. The zero-order valence-electron chi connectivity index (χ0n) is 24.5. The highest BCUT2D eigenvalue weighted by Gasteiger charge is 2.21. The number of aliphatic carboxylic acids is 2. The molecular weight excluding hydrogens is 768 g/mol. The predicted molar refractivity (Wildman–Crippen MR) is 206 cm³/mol. The lowest BCUT2D eigenvalue weighted by Crippen LogP contribution is -1.99. The van der Waals surface area contributed by atoms with E-state index in [9.17, 15) is 19.8 Å². The Morgan fingerprint density at radius 2 is 0.872 bits per heavy atom. The normalized spacial score (nSPS) is 11.5. The van der Waals surface area contributed by atoms with Crippen LogP contribution in [0.15, 0.2) is 60.7 Å². The molecule has 238 valence electrons. The summed E-state index contributed by atoms with van der Waals surface area (Å²) in [6, 6.07) is 20.6. The van der Waals surface area contributed by atoms with Crippen LogP contribution in [0, 0.1) is 13.8 Å². The van der Waals surface area contributed by atoms with E-state index in [4.69, 9.17) is 23.2 Å². The fourth-order valence-electron chi connectivity index (χ4n) is 5.25. The molecule has 4 nitrogen and oxygen atoms in total. The molecule has 0 radical (unpaired) electrons. The Hall–Kier alpha value is -2.58. The van der Waals surface area contributed by atoms with Crippen molar-refractivity contribution >= 4 is 114 Å². The summed E-state index contributed by atoms with van der Waals surface area (Å²) >= 11 is 23.9. The monoisotopic (exact) mass is 788 g/mol. The molecule has 0 fully saturated rings. The lowest BCUT2D eigenvalue weighted by molar-refractivity contribution is -0.137. The summed E-state index contributed by atoms with van der Waals surface area (Å²) in [7, 11) is 0. The number of carboxylic acid groups (broad SMARTS) is 2. The van der Waals surface area contributed by atoms with Crippen molar-refractivity contribution in [3.8, 4) is 58.5 Å². The second-order valence-corrected chi connectivity index (χ2v) is 19.4. The molecule has 2 N–H and O–H groups in total. The van der Waals surface area contributed by atoms with Gasteiger partial charge in [-0.05, 0) is 96.8 Å². The minimum Gasteiger partial charge on any atom is -0.481 e. The topological polar surface area (TPSA) is 74.6 Å². The minimum absolute atomic E-state index is 0.0348. The number of carbonyl (C=O) groups is 2. The Labute approximate surface area is 308 Å².